The van der Waals surface area contributed by atoms with Crippen LogP contribution in [0.15, 0.2) is 65.6 Å². The van der Waals surface area contributed by atoms with Gasteiger partial charge in [0.15, 0.2) is 0 Å². The van der Waals surface area contributed by atoms with Crippen molar-refractivity contribution in [3.05, 3.63) is 76.7 Å². The van der Waals surface area contributed by atoms with Crippen LogP contribution < -0.4 is 10.9 Å². The third-order valence-corrected chi connectivity index (χ3v) is 5.64. The predicted molar refractivity (Wildman–Crippen MR) is 110 cm³/mol. The van der Waals surface area contributed by atoms with E-state index >= 15 is 0 Å². The number of aromatic nitrogens is 2. The van der Waals surface area contributed by atoms with Gasteiger partial charge in [-0.15, -0.1) is 0 Å². The molecular weight excluding hydrogens is 334 g/mol. The van der Waals surface area contributed by atoms with Crippen LogP contribution in [0.3, 0.4) is 0 Å². The van der Waals surface area contributed by atoms with Crippen molar-refractivity contribution in [3.8, 4) is 0 Å². The minimum atomic E-state index is -0.00451. The highest BCUT2D eigenvalue weighted by molar-refractivity contribution is 5.80. The molecule has 1 aliphatic rings. The van der Waals surface area contributed by atoms with E-state index in [1.807, 2.05) is 24.3 Å². The van der Waals surface area contributed by atoms with Gasteiger partial charge in [0.05, 0.1) is 18.1 Å². The van der Waals surface area contributed by atoms with E-state index in [9.17, 15) is 4.79 Å². The fourth-order valence-corrected chi connectivity index (χ4v) is 4.33. The van der Waals surface area contributed by atoms with E-state index in [0.717, 1.165) is 16.7 Å². The van der Waals surface area contributed by atoms with Crippen molar-refractivity contribution in [2.24, 2.45) is 5.92 Å². The second-order valence-corrected chi connectivity index (χ2v) is 7.85. The van der Waals surface area contributed by atoms with Crippen molar-refractivity contribution in [1.82, 2.24) is 15.1 Å². The molecule has 4 nitrogen and oxygen atoms in total. The lowest BCUT2D eigenvalue weighted by Gasteiger charge is -2.20. The average molecular weight is 361 g/mol. The molecule has 1 heterocycles. The summed E-state index contributed by atoms with van der Waals surface area (Å²) >= 11 is 0. The second-order valence-electron chi connectivity index (χ2n) is 7.85. The third kappa shape index (κ3) is 4.28. The maximum Gasteiger partial charge on any atom is 0.274 e. The molecule has 1 saturated carbocycles. The number of rotatable bonds is 6. The van der Waals surface area contributed by atoms with Crippen molar-refractivity contribution in [3.63, 3.8) is 0 Å². The number of benzene rings is 2. The minimum absolute atomic E-state index is 0.00451. The molecule has 0 aliphatic heterocycles. The van der Waals surface area contributed by atoms with Crippen molar-refractivity contribution >= 4 is 10.8 Å². The molecule has 3 unspecified atom stereocenters. The van der Waals surface area contributed by atoms with Gasteiger partial charge in [-0.05, 0) is 50.2 Å². The normalized spacial score (nSPS) is 20.8. The Morgan fingerprint density at radius 2 is 1.89 bits per heavy atom. The summed E-state index contributed by atoms with van der Waals surface area (Å²) in [5, 5.41) is 9.72. The van der Waals surface area contributed by atoms with Gasteiger partial charge >= 0.3 is 0 Å². The van der Waals surface area contributed by atoms with Crippen LogP contribution in [0.1, 0.15) is 31.7 Å². The van der Waals surface area contributed by atoms with Gasteiger partial charge in [-0.25, -0.2) is 4.68 Å². The van der Waals surface area contributed by atoms with E-state index in [-0.39, 0.29) is 11.6 Å². The van der Waals surface area contributed by atoms with E-state index in [1.54, 1.807) is 10.9 Å². The molecule has 0 amide bonds. The Morgan fingerprint density at radius 1 is 1.11 bits per heavy atom. The molecule has 4 heteroatoms. The minimum Gasteiger partial charge on any atom is -0.310 e. The molecule has 3 aromatic rings. The van der Waals surface area contributed by atoms with Gasteiger partial charge in [0.1, 0.15) is 0 Å². The SMILES string of the molecule is CC(Cn1ncc2ccccc2c1=O)NC1CCC(Cc2ccccc2)C1. The summed E-state index contributed by atoms with van der Waals surface area (Å²) in [7, 11) is 0. The molecule has 27 heavy (non-hydrogen) atoms. The topological polar surface area (TPSA) is 46.9 Å². The predicted octanol–water partition coefficient (Wildman–Crippen LogP) is 3.79. The number of hydrogen-bond donors (Lipinski definition) is 1. The molecule has 4 rings (SSSR count). The molecule has 1 aromatic heterocycles. The molecular formula is C23H27N3O. The van der Waals surface area contributed by atoms with Crippen LogP contribution in [0.4, 0.5) is 0 Å². The first-order chi connectivity index (χ1) is 13.2. The summed E-state index contributed by atoms with van der Waals surface area (Å²) in [6, 6.07) is 19.2. The highest BCUT2D eigenvalue weighted by atomic mass is 16.1. The third-order valence-electron chi connectivity index (χ3n) is 5.64. The molecule has 1 fully saturated rings. The summed E-state index contributed by atoms with van der Waals surface area (Å²) in [6.07, 6.45) is 6.64. The highest BCUT2D eigenvalue weighted by Gasteiger charge is 2.25. The quantitative estimate of drug-likeness (QED) is 0.727. The zero-order valence-corrected chi connectivity index (χ0v) is 15.8. The van der Waals surface area contributed by atoms with E-state index in [0.29, 0.717) is 12.6 Å². The molecule has 1 aliphatic carbocycles. The van der Waals surface area contributed by atoms with Gasteiger partial charge < -0.3 is 5.32 Å². The number of hydrogen-bond acceptors (Lipinski definition) is 3. The molecule has 0 saturated heterocycles. The van der Waals surface area contributed by atoms with Gasteiger partial charge in [-0.1, -0.05) is 48.5 Å². The van der Waals surface area contributed by atoms with Crippen LogP contribution in [0, 0.1) is 5.92 Å². The summed E-state index contributed by atoms with van der Waals surface area (Å²) < 4.78 is 1.59. The van der Waals surface area contributed by atoms with Crippen molar-refractivity contribution in [2.45, 2.75) is 51.2 Å². The van der Waals surface area contributed by atoms with E-state index in [2.05, 4.69) is 47.7 Å². The van der Waals surface area contributed by atoms with E-state index in [1.165, 1.54) is 31.2 Å². The fourth-order valence-electron chi connectivity index (χ4n) is 4.33. The van der Waals surface area contributed by atoms with Gasteiger partial charge in [-0.2, -0.15) is 5.10 Å². The van der Waals surface area contributed by atoms with Gasteiger partial charge in [0.25, 0.3) is 5.56 Å². The highest BCUT2D eigenvalue weighted by Crippen LogP contribution is 2.29. The molecule has 0 radical (unpaired) electrons. The first-order valence-corrected chi connectivity index (χ1v) is 9.94. The molecule has 0 bridgehead atoms. The second kappa shape index (κ2) is 8.05. The first kappa shape index (κ1) is 17.9. The molecule has 0 spiro atoms. The van der Waals surface area contributed by atoms with Crippen molar-refractivity contribution in [2.75, 3.05) is 0 Å². The van der Waals surface area contributed by atoms with Crippen LogP contribution in [0.5, 0.6) is 0 Å². The Morgan fingerprint density at radius 3 is 2.74 bits per heavy atom. The largest absolute Gasteiger partial charge is 0.310 e. The lowest BCUT2D eigenvalue weighted by molar-refractivity contribution is 0.382. The fraction of sp³-hybridized carbons (Fsp3) is 0.391. The standard InChI is InChI=1S/C23H27N3O/c1-17(16-26-23(27)22-10-6-5-9-20(22)15-24-26)25-21-12-11-19(14-21)13-18-7-3-2-4-8-18/h2-10,15,17,19,21,25H,11-14,16H2,1H3. The Kier molecular flexibility index (Phi) is 5.35. The summed E-state index contributed by atoms with van der Waals surface area (Å²) in [5.41, 5.74) is 1.43. The maximum absolute atomic E-state index is 12.6. The lowest BCUT2D eigenvalue weighted by atomic mass is 9.98. The monoisotopic (exact) mass is 361 g/mol. The van der Waals surface area contributed by atoms with Crippen LogP contribution in [0.2, 0.25) is 0 Å². The van der Waals surface area contributed by atoms with Crippen molar-refractivity contribution in [1.29, 1.82) is 0 Å². The van der Waals surface area contributed by atoms with Crippen molar-refractivity contribution < 1.29 is 0 Å². The van der Waals surface area contributed by atoms with Crippen LogP contribution in [-0.4, -0.2) is 21.9 Å². The Hall–Kier alpha value is -2.46. The Bertz CT molecular complexity index is 950. The van der Waals surface area contributed by atoms with Gasteiger partial charge in [-0.3, -0.25) is 4.79 Å². The molecule has 140 valence electrons. The first-order valence-electron chi connectivity index (χ1n) is 9.94. The van der Waals surface area contributed by atoms with E-state index in [4.69, 9.17) is 0 Å². The summed E-state index contributed by atoms with van der Waals surface area (Å²) in [5.74, 6) is 0.749. The number of nitrogens with one attached hydrogen (secondary N) is 1. The van der Waals surface area contributed by atoms with Crippen LogP contribution in [0.25, 0.3) is 10.8 Å². The lowest BCUT2D eigenvalue weighted by Crippen LogP contribution is -2.40. The molecule has 3 atom stereocenters. The summed E-state index contributed by atoms with van der Waals surface area (Å²) in [4.78, 5) is 12.6. The smallest absolute Gasteiger partial charge is 0.274 e. The van der Waals surface area contributed by atoms with Gasteiger partial charge in [0.2, 0.25) is 0 Å². The number of nitrogens with zero attached hydrogens (tertiary/aromatic N) is 2. The van der Waals surface area contributed by atoms with Crippen LogP contribution >= 0.6 is 0 Å². The molecule has 1 N–H and O–H groups in total. The maximum atomic E-state index is 12.6. The molecule has 2 aromatic carbocycles. The van der Waals surface area contributed by atoms with Crippen LogP contribution in [-0.2, 0) is 13.0 Å². The summed E-state index contributed by atoms with van der Waals surface area (Å²) in [6.45, 7) is 2.75. The van der Waals surface area contributed by atoms with Gasteiger partial charge in [0, 0.05) is 17.5 Å². The zero-order valence-electron chi connectivity index (χ0n) is 15.8. The average Bonchev–Trinajstić information content (AvgIpc) is 3.11. The van der Waals surface area contributed by atoms with E-state index < -0.39 is 0 Å². The zero-order chi connectivity index (χ0) is 18.6. The Labute approximate surface area is 160 Å². The number of fused-ring (bicyclic) bond motifs is 1. The Balaban J connectivity index is 1.34.